The van der Waals surface area contributed by atoms with Crippen LogP contribution in [-0.2, 0) is 27.0 Å². The number of aryl methyl sites for hydroxylation is 1. The van der Waals surface area contributed by atoms with Gasteiger partial charge in [-0.05, 0) is 55.3 Å². The molecule has 4 heterocycles. The van der Waals surface area contributed by atoms with Crippen LogP contribution < -0.4 is 15.5 Å². The molecule has 0 bridgehead atoms. The van der Waals surface area contributed by atoms with Gasteiger partial charge in [0.1, 0.15) is 11.9 Å². The molecule has 1 aromatic heterocycles. The number of nitrogens with zero attached hydrogens (tertiary/aromatic N) is 5. The third-order valence-corrected chi connectivity index (χ3v) is 10.6. The summed E-state index contributed by atoms with van der Waals surface area (Å²) >= 11 is 0. The molecule has 14 heteroatoms. The molecular formula is C41H44F3N7O4. The number of halogens is 3. The van der Waals surface area contributed by atoms with Gasteiger partial charge in [-0.2, -0.15) is 18.3 Å². The van der Waals surface area contributed by atoms with Crippen molar-refractivity contribution in [1.29, 1.82) is 0 Å². The van der Waals surface area contributed by atoms with Gasteiger partial charge in [0.25, 0.3) is 11.8 Å². The fourth-order valence-electron chi connectivity index (χ4n) is 7.62. The van der Waals surface area contributed by atoms with Gasteiger partial charge < -0.3 is 15.4 Å². The first kappa shape index (κ1) is 38.0. The molecule has 11 nitrogen and oxygen atoms in total. The van der Waals surface area contributed by atoms with Crippen molar-refractivity contribution in [3.05, 3.63) is 125 Å². The van der Waals surface area contributed by atoms with Crippen molar-refractivity contribution in [2.45, 2.75) is 44.6 Å². The number of hydrogen-bond acceptors (Lipinski definition) is 7. The Kier molecular flexibility index (Phi) is 10.9. The van der Waals surface area contributed by atoms with Crippen molar-refractivity contribution in [3.63, 3.8) is 0 Å². The van der Waals surface area contributed by atoms with E-state index in [-0.39, 0.29) is 24.6 Å². The van der Waals surface area contributed by atoms with Crippen molar-refractivity contribution in [3.8, 4) is 5.69 Å². The minimum Gasteiger partial charge on any atom is -0.378 e. The predicted molar refractivity (Wildman–Crippen MR) is 201 cm³/mol. The van der Waals surface area contributed by atoms with E-state index in [2.05, 4.69) is 27.0 Å². The number of hydrogen-bond donors (Lipinski definition) is 2. The molecule has 0 spiro atoms. The summed E-state index contributed by atoms with van der Waals surface area (Å²) in [6, 6.07) is 20.2. The highest BCUT2D eigenvalue weighted by Crippen LogP contribution is 2.43. The molecule has 2 atom stereocenters. The number of para-hydroxylation sites is 1. The zero-order chi connectivity index (χ0) is 38.9. The van der Waals surface area contributed by atoms with Crippen LogP contribution in [0.2, 0.25) is 0 Å². The molecule has 3 amide bonds. The molecule has 288 valence electrons. The molecule has 2 fully saturated rings. The van der Waals surface area contributed by atoms with Crippen LogP contribution in [0.5, 0.6) is 0 Å². The normalized spacial score (nSPS) is 19.4. The topological polar surface area (TPSA) is 112 Å². The second kappa shape index (κ2) is 15.8. The quantitative estimate of drug-likeness (QED) is 0.214. The molecule has 3 aliphatic heterocycles. The first-order valence-corrected chi connectivity index (χ1v) is 18.5. The van der Waals surface area contributed by atoms with Crippen molar-refractivity contribution in [2.24, 2.45) is 0 Å². The first-order chi connectivity index (χ1) is 26.4. The smallest absolute Gasteiger partial charge is 0.378 e. The van der Waals surface area contributed by atoms with Crippen molar-refractivity contribution in [1.82, 2.24) is 30.2 Å². The fraction of sp³-hybridized carbons (Fsp3) is 0.366. The maximum absolute atomic E-state index is 14.5. The summed E-state index contributed by atoms with van der Waals surface area (Å²) in [6.07, 6.45) is -4.65. The minimum atomic E-state index is -4.65. The molecule has 4 aromatic rings. The molecule has 0 radical (unpaired) electrons. The molecule has 55 heavy (non-hydrogen) atoms. The standard InChI is InChI=1S/C41H44F3N7O4/c1-4-50-39-34(27(3)47-51(39)32-14-6-5-7-15-32)35(36(40(50)54)46-38(53)30-12-9-13-31(21-30)41(42,43)44)29-11-8-10-28(20-29)22-45-37(52)26(2)23-48-16-18-49(19-17-48)33-24-55-25-33/h5-15,20-21,33,35-36H,2,4,16-19,22-25H2,1,3H3,(H,45,52)(H,46,53)/t35-,36+/m1/s1. The Hall–Kier alpha value is -5.31. The van der Waals surface area contributed by atoms with Crippen LogP contribution in [0.15, 0.2) is 91.0 Å². The lowest BCUT2D eigenvalue weighted by Gasteiger charge is -2.42. The number of likely N-dealkylation sites (N-methyl/N-ethyl adjacent to an activating group) is 1. The highest BCUT2D eigenvalue weighted by atomic mass is 19.4. The van der Waals surface area contributed by atoms with Gasteiger partial charge >= 0.3 is 6.18 Å². The van der Waals surface area contributed by atoms with Gasteiger partial charge in [0.2, 0.25) is 5.91 Å². The summed E-state index contributed by atoms with van der Waals surface area (Å²) in [6.45, 7) is 13.7. The molecule has 0 aliphatic carbocycles. The van der Waals surface area contributed by atoms with E-state index in [9.17, 15) is 27.6 Å². The Labute approximate surface area is 317 Å². The highest BCUT2D eigenvalue weighted by molar-refractivity contribution is 6.05. The Bertz CT molecular complexity index is 2070. The molecule has 2 N–H and O–H groups in total. The summed E-state index contributed by atoms with van der Waals surface area (Å²) in [5.41, 5.74) is 2.72. The van der Waals surface area contributed by atoms with Gasteiger partial charge in [-0.1, -0.05) is 55.1 Å². The van der Waals surface area contributed by atoms with Gasteiger partial charge in [-0.3, -0.25) is 29.1 Å². The van der Waals surface area contributed by atoms with E-state index >= 15 is 0 Å². The number of fused-ring (bicyclic) bond motifs is 1. The molecule has 0 unspecified atom stereocenters. The lowest BCUT2D eigenvalue weighted by atomic mass is 9.80. The number of carbonyl (C=O) groups is 3. The zero-order valence-corrected chi connectivity index (χ0v) is 30.8. The lowest BCUT2D eigenvalue weighted by molar-refractivity contribution is -0.137. The van der Waals surface area contributed by atoms with Gasteiger partial charge in [0.15, 0.2) is 0 Å². The van der Waals surface area contributed by atoms with Crippen LogP contribution in [0.25, 0.3) is 5.69 Å². The number of aromatic nitrogens is 2. The Morgan fingerprint density at radius 3 is 2.36 bits per heavy atom. The number of piperazine rings is 1. The number of rotatable bonds is 11. The predicted octanol–water partition coefficient (Wildman–Crippen LogP) is 4.69. The molecule has 3 aromatic carbocycles. The summed E-state index contributed by atoms with van der Waals surface area (Å²) in [5, 5.41) is 10.6. The van der Waals surface area contributed by atoms with E-state index in [1.54, 1.807) is 9.58 Å². The molecule has 7 rings (SSSR count). The van der Waals surface area contributed by atoms with Gasteiger partial charge in [0, 0.05) is 68.4 Å². The van der Waals surface area contributed by atoms with Crippen LogP contribution in [-0.4, -0.2) is 102 Å². The Balaban J connectivity index is 1.16. The minimum absolute atomic E-state index is 0.180. The van der Waals surface area contributed by atoms with Gasteiger partial charge in [0.05, 0.1) is 36.2 Å². The van der Waals surface area contributed by atoms with E-state index in [4.69, 9.17) is 9.84 Å². The van der Waals surface area contributed by atoms with Gasteiger partial charge in [-0.25, -0.2) is 4.68 Å². The number of carbonyl (C=O) groups excluding carboxylic acids is 3. The maximum Gasteiger partial charge on any atom is 0.416 e. The number of benzene rings is 3. The Morgan fingerprint density at radius 1 is 0.964 bits per heavy atom. The summed E-state index contributed by atoms with van der Waals surface area (Å²) < 4.78 is 47.8. The lowest BCUT2D eigenvalue weighted by Crippen LogP contribution is -2.56. The molecule has 2 saturated heterocycles. The fourth-order valence-corrected chi connectivity index (χ4v) is 7.62. The molecular weight excluding hydrogens is 711 g/mol. The average Bonchev–Trinajstić information content (AvgIpc) is 3.50. The monoisotopic (exact) mass is 755 g/mol. The highest BCUT2D eigenvalue weighted by Gasteiger charge is 2.46. The summed E-state index contributed by atoms with van der Waals surface area (Å²) in [5.74, 6) is -1.74. The molecule has 3 aliphatic rings. The zero-order valence-electron chi connectivity index (χ0n) is 30.8. The van der Waals surface area contributed by atoms with E-state index in [1.165, 1.54) is 12.1 Å². The van der Waals surface area contributed by atoms with Crippen molar-refractivity contribution < 1.29 is 32.3 Å². The second-order valence-electron chi connectivity index (χ2n) is 14.2. The number of amides is 3. The van der Waals surface area contributed by atoms with E-state index < -0.39 is 35.5 Å². The Morgan fingerprint density at radius 2 is 1.69 bits per heavy atom. The SMILES string of the molecule is C=C(CN1CCN(C2COC2)CC1)C(=O)NCc1cccc([C@@H]2c3c(C)nn(-c4ccccc4)c3N(CC)C(=O)[C@H]2NC(=O)c2cccc(C(F)(F)F)c2)c1. The van der Waals surface area contributed by atoms with E-state index in [0.717, 1.165) is 62.8 Å². The largest absolute Gasteiger partial charge is 0.416 e. The third-order valence-electron chi connectivity index (χ3n) is 10.6. The van der Waals surface area contributed by atoms with Crippen LogP contribution in [0, 0.1) is 6.92 Å². The molecule has 0 saturated carbocycles. The van der Waals surface area contributed by atoms with Crippen LogP contribution in [0.1, 0.15) is 51.1 Å². The van der Waals surface area contributed by atoms with Crippen molar-refractivity contribution in [2.75, 3.05) is 57.4 Å². The second-order valence-corrected chi connectivity index (χ2v) is 14.2. The van der Waals surface area contributed by atoms with E-state index in [1.807, 2.05) is 68.4 Å². The third kappa shape index (κ3) is 7.93. The van der Waals surface area contributed by atoms with Crippen LogP contribution >= 0.6 is 0 Å². The number of nitrogens with one attached hydrogen (secondary N) is 2. The average molecular weight is 756 g/mol. The summed E-state index contributed by atoms with van der Waals surface area (Å²) in [7, 11) is 0. The maximum atomic E-state index is 14.5. The van der Waals surface area contributed by atoms with Crippen LogP contribution in [0.4, 0.5) is 19.0 Å². The van der Waals surface area contributed by atoms with Gasteiger partial charge in [-0.15, -0.1) is 0 Å². The number of ether oxygens (including phenoxy) is 1. The number of anilines is 1. The summed E-state index contributed by atoms with van der Waals surface area (Å²) in [4.78, 5) is 47.6. The van der Waals surface area contributed by atoms with E-state index in [0.29, 0.717) is 40.8 Å². The van der Waals surface area contributed by atoms with Crippen molar-refractivity contribution >= 4 is 23.5 Å². The first-order valence-electron chi connectivity index (χ1n) is 18.5. The number of alkyl halides is 3. The van der Waals surface area contributed by atoms with Crippen LogP contribution in [0.3, 0.4) is 0 Å².